The Morgan fingerprint density at radius 1 is 1.27 bits per heavy atom. The van der Waals surface area contributed by atoms with Gasteiger partial charge >= 0.3 is 6.09 Å². The fourth-order valence-corrected chi connectivity index (χ4v) is 1.88. The highest BCUT2D eigenvalue weighted by Gasteiger charge is 2.26. The molecule has 0 bridgehead atoms. The maximum Gasteiger partial charge on any atom is 0.408 e. The van der Waals surface area contributed by atoms with Crippen molar-refractivity contribution in [2.75, 3.05) is 13.2 Å². The van der Waals surface area contributed by atoms with Crippen LogP contribution in [0.25, 0.3) is 0 Å². The van der Waals surface area contributed by atoms with Gasteiger partial charge in [-0.05, 0) is 11.5 Å². The molecule has 0 aliphatic carbocycles. The van der Waals surface area contributed by atoms with Gasteiger partial charge in [0.2, 0.25) is 5.91 Å². The molecule has 0 aliphatic rings. The molecule has 0 heterocycles. The van der Waals surface area contributed by atoms with Crippen molar-refractivity contribution >= 4 is 12.0 Å². The highest BCUT2D eigenvalue weighted by atomic mass is 16.5. The summed E-state index contributed by atoms with van der Waals surface area (Å²) < 4.78 is 5.13. The zero-order valence-electron chi connectivity index (χ0n) is 13.0. The van der Waals surface area contributed by atoms with Crippen LogP contribution in [0.2, 0.25) is 0 Å². The lowest BCUT2D eigenvalue weighted by Gasteiger charge is -2.23. The van der Waals surface area contributed by atoms with Gasteiger partial charge in [-0.1, -0.05) is 50.6 Å². The molecule has 122 valence electrons. The lowest BCUT2D eigenvalue weighted by Crippen LogP contribution is -2.50. The van der Waals surface area contributed by atoms with E-state index in [4.69, 9.17) is 9.84 Å². The number of aliphatic hydroxyl groups is 1. The number of hydrogen-bond acceptors (Lipinski definition) is 4. The van der Waals surface area contributed by atoms with Crippen molar-refractivity contribution in [3.8, 4) is 0 Å². The van der Waals surface area contributed by atoms with Crippen LogP contribution in [0, 0.1) is 5.92 Å². The summed E-state index contributed by atoms with van der Waals surface area (Å²) in [6, 6.07) is 8.64. The van der Waals surface area contributed by atoms with Crippen molar-refractivity contribution in [3.05, 3.63) is 35.9 Å². The number of aliphatic hydroxyl groups excluding tert-OH is 1. The second-order valence-electron chi connectivity index (χ2n) is 5.08. The molecule has 0 saturated carbocycles. The van der Waals surface area contributed by atoms with Crippen LogP contribution in [0.3, 0.4) is 0 Å². The third kappa shape index (κ3) is 6.13. The lowest BCUT2D eigenvalue weighted by molar-refractivity contribution is -0.124. The van der Waals surface area contributed by atoms with E-state index in [9.17, 15) is 9.59 Å². The van der Waals surface area contributed by atoms with Crippen LogP contribution in [0.1, 0.15) is 25.8 Å². The van der Waals surface area contributed by atoms with E-state index in [0.717, 1.165) is 12.0 Å². The number of alkyl carbamates (subject to hydrolysis) is 1. The van der Waals surface area contributed by atoms with Crippen LogP contribution in [-0.4, -0.2) is 36.3 Å². The third-order valence-electron chi connectivity index (χ3n) is 3.39. The molecule has 2 atom stereocenters. The Labute approximate surface area is 130 Å². The van der Waals surface area contributed by atoms with Gasteiger partial charge in [-0.15, -0.1) is 0 Å². The van der Waals surface area contributed by atoms with E-state index < -0.39 is 12.1 Å². The Kier molecular flexibility index (Phi) is 7.99. The molecule has 1 aromatic carbocycles. The van der Waals surface area contributed by atoms with Gasteiger partial charge < -0.3 is 20.5 Å². The van der Waals surface area contributed by atoms with Gasteiger partial charge in [-0.3, -0.25) is 4.79 Å². The first-order valence-electron chi connectivity index (χ1n) is 7.44. The highest BCUT2D eigenvalue weighted by molar-refractivity contribution is 5.85. The summed E-state index contributed by atoms with van der Waals surface area (Å²) in [7, 11) is 0. The number of benzene rings is 1. The Morgan fingerprint density at radius 2 is 1.95 bits per heavy atom. The molecule has 1 aromatic rings. The molecular weight excluding hydrogens is 284 g/mol. The van der Waals surface area contributed by atoms with Gasteiger partial charge in [0.25, 0.3) is 0 Å². The topological polar surface area (TPSA) is 87.7 Å². The van der Waals surface area contributed by atoms with Gasteiger partial charge in [-0.2, -0.15) is 0 Å². The maximum atomic E-state index is 12.0. The number of ether oxygens (including phenoxy) is 1. The molecule has 22 heavy (non-hydrogen) atoms. The van der Waals surface area contributed by atoms with E-state index in [0.29, 0.717) is 0 Å². The van der Waals surface area contributed by atoms with E-state index in [2.05, 4.69) is 10.6 Å². The minimum Gasteiger partial charge on any atom is -0.445 e. The van der Waals surface area contributed by atoms with Crippen LogP contribution in [0.15, 0.2) is 30.3 Å². The largest absolute Gasteiger partial charge is 0.445 e. The van der Waals surface area contributed by atoms with Crippen LogP contribution >= 0.6 is 0 Å². The van der Waals surface area contributed by atoms with Crippen molar-refractivity contribution in [2.24, 2.45) is 5.92 Å². The molecule has 6 nitrogen and oxygen atoms in total. The SMILES string of the molecule is CCC(C)[C@H](NC(=O)OCc1ccccc1)C(=O)NCCO. The summed E-state index contributed by atoms with van der Waals surface area (Å²) in [5.41, 5.74) is 0.877. The van der Waals surface area contributed by atoms with Crippen molar-refractivity contribution in [2.45, 2.75) is 32.9 Å². The van der Waals surface area contributed by atoms with E-state index in [1.807, 2.05) is 44.2 Å². The number of hydrogen-bond donors (Lipinski definition) is 3. The van der Waals surface area contributed by atoms with Crippen LogP contribution < -0.4 is 10.6 Å². The molecule has 0 fully saturated rings. The van der Waals surface area contributed by atoms with E-state index in [1.54, 1.807) is 0 Å². The van der Waals surface area contributed by atoms with Gasteiger partial charge in [0, 0.05) is 6.54 Å². The lowest BCUT2D eigenvalue weighted by atomic mass is 9.98. The van der Waals surface area contributed by atoms with Crippen LogP contribution in [0.5, 0.6) is 0 Å². The van der Waals surface area contributed by atoms with Crippen molar-refractivity contribution in [1.29, 1.82) is 0 Å². The van der Waals surface area contributed by atoms with Crippen LogP contribution in [0.4, 0.5) is 4.79 Å². The Bertz CT molecular complexity index is 464. The number of carbonyl (C=O) groups excluding carboxylic acids is 2. The van der Waals surface area contributed by atoms with Crippen molar-refractivity contribution in [3.63, 3.8) is 0 Å². The number of amides is 2. The zero-order valence-corrected chi connectivity index (χ0v) is 13.0. The van der Waals surface area contributed by atoms with Crippen LogP contribution in [-0.2, 0) is 16.1 Å². The van der Waals surface area contributed by atoms with E-state index in [1.165, 1.54) is 0 Å². The summed E-state index contributed by atoms with van der Waals surface area (Å²) >= 11 is 0. The standard InChI is InChI=1S/C16H24N2O4/c1-3-12(2)14(15(20)17-9-10-19)18-16(21)22-11-13-7-5-4-6-8-13/h4-8,12,14,19H,3,9-11H2,1-2H3,(H,17,20)(H,18,21)/t12?,14-/m0/s1. The molecule has 1 rings (SSSR count). The molecule has 0 radical (unpaired) electrons. The Balaban J connectivity index is 2.53. The molecule has 2 amide bonds. The molecular formula is C16H24N2O4. The Hall–Kier alpha value is -2.08. The summed E-state index contributed by atoms with van der Waals surface area (Å²) in [4.78, 5) is 23.9. The maximum absolute atomic E-state index is 12.0. The highest BCUT2D eigenvalue weighted by Crippen LogP contribution is 2.09. The molecule has 1 unspecified atom stereocenters. The van der Waals surface area contributed by atoms with E-state index >= 15 is 0 Å². The summed E-state index contributed by atoms with van der Waals surface area (Å²) in [5, 5.41) is 13.9. The zero-order chi connectivity index (χ0) is 16.4. The van der Waals surface area contributed by atoms with Crippen molar-refractivity contribution < 1.29 is 19.4 Å². The minimum absolute atomic E-state index is 0.0389. The fraction of sp³-hybridized carbons (Fsp3) is 0.500. The molecule has 3 N–H and O–H groups in total. The molecule has 6 heteroatoms. The molecule has 0 saturated heterocycles. The second kappa shape index (κ2) is 9.78. The first kappa shape index (κ1) is 18.0. The van der Waals surface area contributed by atoms with E-state index in [-0.39, 0.29) is 31.6 Å². The number of rotatable bonds is 8. The van der Waals surface area contributed by atoms with Gasteiger partial charge in [0.15, 0.2) is 0 Å². The predicted molar refractivity (Wildman–Crippen MR) is 83.1 cm³/mol. The second-order valence-corrected chi connectivity index (χ2v) is 5.08. The monoisotopic (exact) mass is 308 g/mol. The smallest absolute Gasteiger partial charge is 0.408 e. The summed E-state index contributed by atoms with van der Waals surface area (Å²) in [5.74, 6) is -0.358. The van der Waals surface area contributed by atoms with Gasteiger partial charge in [0.05, 0.1) is 6.61 Å². The first-order chi connectivity index (χ1) is 10.6. The minimum atomic E-state index is -0.681. The first-order valence-corrected chi connectivity index (χ1v) is 7.44. The molecule has 0 aliphatic heterocycles. The van der Waals surface area contributed by atoms with Gasteiger partial charge in [0.1, 0.15) is 12.6 Å². The van der Waals surface area contributed by atoms with Crippen molar-refractivity contribution in [1.82, 2.24) is 10.6 Å². The Morgan fingerprint density at radius 3 is 2.55 bits per heavy atom. The summed E-state index contributed by atoms with van der Waals surface area (Å²) in [6.45, 7) is 3.98. The summed E-state index contributed by atoms with van der Waals surface area (Å²) in [6.07, 6.45) is 0.101. The average molecular weight is 308 g/mol. The van der Waals surface area contributed by atoms with Gasteiger partial charge in [-0.25, -0.2) is 4.79 Å². The quantitative estimate of drug-likeness (QED) is 0.678. The molecule has 0 aromatic heterocycles. The molecule has 0 spiro atoms. The third-order valence-corrected chi connectivity index (χ3v) is 3.39. The fourth-order valence-electron chi connectivity index (χ4n) is 1.88. The number of nitrogens with one attached hydrogen (secondary N) is 2. The normalized spacial score (nSPS) is 13.0. The number of carbonyl (C=O) groups is 2. The predicted octanol–water partition coefficient (Wildman–Crippen LogP) is 1.44. The average Bonchev–Trinajstić information content (AvgIpc) is 2.55.